The zero-order valence-electron chi connectivity index (χ0n) is 12.8. The normalized spacial score (nSPS) is 22.9. The Kier molecular flexibility index (Phi) is 5.39. The number of piperidine rings is 1. The third kappa shape index (κ3) is 3.97. The molecule has 2 fully saturated rings. The number of carboxylic acid groups (broad SMARTS) is 1. The van der Waals surface area contributed by atoms with E-state index in [-0.39, 0.29) is 44.3 Å². The SMILES string of the molecule is O=C(CN1CCCCCCC1=O)N1CCC(O)(C(=O)O)CC1. The number of carbonyl (C=O) groups excluding carboxylic acids is 2. The highest BCUT2D eigenvalue weighted by atomic mass is 16.4. The van der Waals surface area contributed by atoms with Crippen molar-refractivity contribution in [1.82, 2.24) is 9.80 Å². The van der Waals surface area contributed by atoms with E-state index in [2.05, 4.69) is 0 Å². The van der Waals surface area contributed by atoms with Gasteiger partial charge in [-0.1, -0.05) is 12.8 Å². The van der Waals surface area contributed by atoms with Crippen LogP contribution in [0.2, 0.25) is 0 Å². The van der Waals surface area contributed by atoms with Gasteiger partial charge in [-0.25, -0.2) is 4.79 Å². The summed E-state index contributed by atoms with van der Waals surface area (Å²) < 4.78 is 0. The topological polar surface area (TPSA) is 98.2 Å². The maximum Gasteiger partial charge on any atom is 0.335 e. The zero-order valence-corrected chi connectivity index (χ0v) is 12.8. The zero-order chi connectivity index (χ0) is 16.2. The van der Waals surface area contributed by atoms with Gasteiger partial charge in [0.2, 0.25) is 11.8 Å². The molecule has 0 unspecified atom stereocenters. The van der Waals surface area contributed by atoms with Crippen molar-refractivity contribution < 1.29 is 24.6 Å². The van der Waals surface area contributed by atoms with Crippen LogP contribution in [0.15, 0.2) is 0 Å². The fourth-order valence-corrected chi connectivity index (χ4v) is 2.99. The van der Waals surface area contributed by atoms with Gasteiger partial charge in [-0.15, -0.1) is 0 Å². The van der Waals surface area contributed by atoms with Crippen molar-refractivity contribution in [1.29, 1.82) is 0 Å². The first kappa shape index (κ1) is 16.7. The Labute approximate surface area is 129 Å². The number of hydrogen-bond donors (Lipinski definition) is 2. The molecule has 2 heterocycles. The van der Waals surface area contributed by atoms with Gasteiger partial charge in [-0.2, -0.15) is 0 Å². The summed E-state index contributed by atoms with van der Waals surface area (Å²) in [5, 5.41) is 18.8. The molecule has 0 bridgehead atoms. The molecule has 0 aliphatic carbocycles. The standard InChI is InChI=1S/C15H24N2O5/c18-12-5-3-1-2-4-8-17(12)11-13(19)16-9-6-15(22,7-10-16)14(20)21/h22H,1-11H2,(H,20,21). The molecule has 0 atom stereocenters. The highest BCUT2D eigenvalue weighted by Crippen LogP contribution is 2.22. The van der Waals surface area contributed by atoms with Gasteiger partial charge >= 0.3 is 5.97 Å². The lowest BCUT2D eigenvalue weighted by atomic mass is 9.91. The molecule has 2 aliphatic heterocycles. The van der Waals surface area contributed by atoms with Crippen LogP contribution in [0.1, 0.15) is 44.9 Å². The number of aliphatic hydroxyl groups is 1. The smallest absolute Gasteiger partial charge is 0.335 e. The predicted octanol–water partition coefficient (Wildman–Crippen LogP) is 0.217. The molecule has 0 spiro atoms. The monoisotopic (exact) mass is 312 g/mol. The number of rotatable bonds is 3. The molecule has 124 valence electrons. The van der Waals surface area contributed by atoms with E-state index in [4.69, 9.17) is 5.11 Å². The van der Waals surface area contributed by atoms with Crippen LogP contribution < -0.4 is 0 Å². The second-order valence-corrected chi connectivity index (χ2v) is 6.20. The summed E-state index contributed by atoms with van der Waals surface area (Å²) in [7, 11) is 0. The van der Waals surface area contributed by atoms with Crippen LogP contribution in [0.3, 0.4) is 0 Å². The first-order chi connectivity index (χ1) is 10.4. The van der Waals surface area contributed by atoms with Crippen LogP contribution in [-0.4, -0.2) is 69.6 Å². The summed E-state index contributed by atoms with van der Waals surface area (Å²) >= 11 is 0. The lowest BCUT2D eigenvalue weighted by Crippen LogP contribution is -2.53. The van der Waals surface area contributed by atoms with Crippen molar-refractivity contribution in [3.63, 3.8) is 0 Å². The minimum atomic E-state index is -1.73. The molecule has 0 saturated carbocycles. The Morgan fingerprint density at radius 1 is 1.05 bits per heavy atom. The minimum Gasteiger partial charge on any atom is -0.479 e. The van der Waals surface area contributed by atoms with Crippen LogP contribution >= 0.6 is 0 Å². The number of amides is 2. The number of carboxylic acids is 1. The molecular weight excluding hydrogens is 288 g/mol. The van der Waals surface area contributed by atoms with E-state index >= 15 is 0 Å². The molecule has 2 rings (SSSR count). The summed E-state index contributed by atoms with van der Waals surface area (Å²) in [6, 6.07) is 0. The first-order valence-corrected chi connectivity index (χ1v) is 7.94. The number of aliphatic carboxylic acids is 1. The van der Waals surface area contributed by atoms with Gasteiger partial charge in [-0.3, -0.25) is 9.59 Å². The van der Waals surface area contributed by atoms with E-state index in [1.165, 1.54) is 0 Å². The summed E-state index contributed by atoms with van der Waals surface area (Å²) in [6.45, 7) is 1.09. The Balaban J connectivity index is 1.87. The molecule has 2 aliphatic rings. The van der Waals surface area contributed by atoms with E-state index in [0.717, 1.165) is 25.7 Å². The maximum atomic E-state index is 12.3. The number of carbonyl (C=O) groups is 3. The largest absolute Gasteiger partial charge is 0.479 e. The molecule has 22 heavy (non-hydrogen) atoms. The third-order valence-electron chi connectivity index (χ3n) is 4.59. The van der Waals surface area contributed by atoms with Gasteiger partial charge in [0.1, 0.15) is 0 Å². The van der Waals surface area contributed by atoms with E-state index in [1.54, 1.807) is 9.80 Å². The number of hydrogen-bond acceptors (Lipinski definition) is 4. The molecule has 7 nitrogen and oxygen atoms in total. The average molecular weight is 312 g/mol. The van der Waals surface area contributed by atoms with Crippen molar-refractivity contribution in [3.05, 3.63) is 0 Å². The lowest BCUT2D eigenvalue weighted by molar-refractivity contribution is -0.165. The highest BCUT2D eigenvalue weighted by Gasteiger charge is 2.40. The fraction of sp³-hybridized carbons (Fsp3) is 0.800. The Morgan fingerprint density at radius 2 is 1.68 bits per heavy atom. The van der Waals surface area contributed by atoms with Crippen LogP contribution in [-0.2, 0) is 14.4 Å². The maximum absolute atomic E-state index is 12.3. The van der Waals surface area contributed by atoms with Gasteiger partial charge < -0.3 is 20.0 Å². The predicted molar refractivity (Wildman–Crippen MR) is 78.1 cm³/mol. The minimum absolute atomic E-state index is 0.0205. The van der Waals surface area contributed by atoms with E-state index < -0.39 is 11.6 Å². The molecule has 2 amide bonds. The van der Waals surface area contributed by atoms with Crippen LogP contribution in [0.4, 0.5) is 0 Å². The van der Waals surface area contributed by atoms with Gasteiger partial charge in [0.05, 0.1) is 6.54 Å². The van der Waals surface area contributed by atoms with Crippen molar-refractivity contribution in [2.24, 2.45) is 0 Å². The summed E-state index contributed by atoms with van der Waals surface area (Å²) in [4.78, 5) is 38.4. The van der Waals surface area contributed by atoms with E-state index in [1.807, 2.05) is 0 Å². The molecule has 2 N–H and O–H groups in total. The Hall–Kier alpha value is -1.63. The molecule has 0 radical (unpaired) electrons. The van der Waals surface area contributed by atoms with Gasteiger partial charge in [0.25, 0.3) is 0 Å². The van der Waals surface area contributed by atoms with E-state index in [9.17, 15) is 19.5 Å². The molecule has 0 aromatic heterocycles. The Morgan fingerprint density at radius 3 is 2.32 bits per heavy atom. The number of nitrogens with zero attached hydrogens (tertiary/aromatic N) is 2. The first-order valence-electron chi connectivity index (χ1n) is 7.94. The van der Waals surface area contributed by atoms with Crippen molar-refractivity contribution in [2.75, 3.05) is 26.2 Å². The van der Waals surface area contributed by atoms with Gasteiger partial charge in [0.15, 0.2) is 5.60 Å². The van der Waals surface area contributed by atoms with Gasteiger partial charge in [-0.05, 0) is 12.8 Å². The molecule has 2 saturated heterocycles. The Bertz CT molecular complexity index is 443. The average Bonchev–Trinajstić information content (AvgIpc) is 2.47. The molecule has 0 aromatic rings. The quantitative estimate of drug-likeness (QED) is 0.776. The third-order valence-corrected chi connectivity index (χ3v) is 4.59. The second kappa shape index (κ2) is 7.09. The van der Waals surface area contributed by atoms with Crippen molar-refractivity contribution >= 4 is 17.8 Å². The second-order valence-electron chi connectivity index (χ2n) is 6.20. The van der Waals surface area contributed by atoms with Crippen LogP contribution in [0.25, 0.3) is 0 Å². The van der Waals surface area contributed by atoms with Gasteiger partial charge in [0, 0.05) is 38.9 Å². The van der Waals surface area contributed by atoms with E-state index in [0.29, 0.717) is 13.0 Å². The van der Waals surface area contributed by atoms with Crippen LogP contribution in [0.5, 0.6) is 0 Å². The molecule has 7 heteroatoms. The summed E-state index contributed by atoms with van der Waals surface area (Å²) in [5.41, 5.74) is -1.73. The number of likely N-dealkylation sites (tertiary alicyclic amines) is 2. The van der Waals surface area contributed by atoms with Crippen molar-refractivity contribution in [2.45, 2.75) is 50.5 Å². The lowest BCUT2D eigenvalue weighted by Gasteiger charge is -2.36. The molecular formula is C15H24N2O5. The summed E-state index contributed by atoms with van der Waals surface area (Å²) in [6.07, 6.45) is 4.48. The molecule has 0 aromatic carbocycles. The van der Waals surface area contributed by atoms with Crippen molar-refractivity contribution in [3.8, 4) is 0 Å². The van der Waals surface area contributed by atoms with Crippen LogP contribution in [0, 0.1) is 0 Å². The summed E-state index contributed by atoms with van der Waals surface area (Å²) in [5.74, 6) is -1.38. The fourth-order valence-electron chi connectivity index (χ4n) is 2.99. The highest BCUT2D eigenvalue weighted by molar-refractivity contribution is 5.85.